The van der Waals surface area contributed by atoms with E-state index in [-0.39, 0.29) is 34.1 Å². The highest BCUT2D eigenvalue weighted by Gasteiger charge is 2.28. The van der Waals surface area contributed by atoms with Crippen LogP contribution in [0.1, 0.15) is 20.3 Å². The fraction of sp³-hybridized carbons (Fsp3) is 0.526. The van der Waals surface area contributed by atoms with Crippen LogP contribution >= 0.6 is 11.8 Å². The Bertz CT molecular complexity index is 942. The van der Waals surface area contributed by atoms with Crippen molar-refractivity contribution < 1.29 is 27.5 Å². The number of ether oxygens (including phenoxy) is 1. The highest BCUT2D eigenvalue weighted by Crippen LogP contribution is 2.36. The Hall–Kier alpha value is -2.27. The monoisotopic (exact) mass is 455 g/mol. The third-order valence-corrected chi connectivity index (χ3v) is 7.88. The predicted molar refractivity (Wildman–Crippen MR) is 112 cm³/mol. The zero-order valence-electron chi connectivity index (χ0n) is 16.9. The summed E-state index contributed by atoms with van der Waals surface area (Å²) in [6.45, 7) is 5.21. The summed E-state index contributed by atoms with van der Waals surface area (Å²) < 4.78 is 30.4. The first-order valence-corrected chi connectivity index (χ1v) is 12.3. The van der Waals surface area contributed by atoms with Gasteiger partial charge in [-0.3, -0.25) is 9.59 Å². The van der Waals surface area contributed by atoms with Crippen LogP contribution in [0.2, 0.25) is 0 Å². The van der Waals surface area contributed by atoms with Crippen LogP contribution < -0.4 is 5.32 Å². The van der Waals surface area contributed by atoms with Gasteiger partial charge in [-0.15, -0.1) is 11.8 Å². The number of nitrogens with one attached hydrogen (secondary N) is 1. The molecule has 11 heteroatoms. The molecule has 0 radical (unpaired) electrons. The number of sulfone groups is 1. The van der Waals surface area contributed by atoms with Gasteiger partial charge >= 0.3 is 6.09 Å². The van der Waals surface area contributed by atoms with E-state index in [1.807, 2.05) is 0 Å². The summed E-state index contributed by atoms with van der Waals surface area (Å²) in [6.07, 6.45) is -0.545. The second kappa shape index (κ2) is 9.25. The predicted octanol–water partition coefficient (Wildman–Crippen LogP) is 1.58. The summed E-state index contributed by atoms with van der Waals surface area (Å²) in [5.74, 6) is -0.753. The van der Waals surface area contributed by atoms with Crippen molar-refractivity contribution >= 4 is 45.2 Å². The lowest BCUT2D eigenvalue weighted by atomic mass is 10.3. The van der Waals surface area contributed by atoms with Crippen molar-refractivity contribution in [2.75, 3.05) is 43.9 Å². The minimum absolute atomic E-state index is 0.0802. The fourth-order valence-corrected chi connectivity index (χ4v) is 5.41. The summed E-state index contributed by atoms with van der Waals surface area (Å²) in [6, 6.07) is 4.64. The van der Waals surface area contributed by atoms with E-state index >= 15 is 0 Å². The number of benzene rings is 1. The molecular weight excluding hydrogens is 430 g/mol. The Kier molecular flexibility index (Phi) is 6.91. The number of piperazine rings is 1. The van der Waals surface area contributed by atoms with Crippen molar-refractivity contribution in [1.82, 2.24) is 9.80 Å². The first-order valence-electron chi connectivity index (χ1n) is 9.75. The molecule has 1 saturated heterocycles. The molecule has 0 unspecified atom stereocenters. The second-order valence-corrected chi connectivity index (χ2v) is 10.5. The molecule has 0 aliphatic carbocycles. The van der Waals surface area contributed by atoms with Gasteiger partial charge in [0.2, 0.25) is 11.8 Å². The normalized spacial score (nSPS) is 19.1. The van der Waals surface area contributed by atoms with E-state index in [0.29, 0.717) is 38.5 Å². The van der Waals surface area contributed by atoms with Crippen LogP contribution in [0.15, 0.2) is 28.0 Å². The molecule has 30 heavy (non-hydrogen) atoms. The van der Waals surface area contributed by atoms with Crippen molar-refractivity contribution in [3.63, 3.8) is 0 Å². The number of carbonyl (C=O) groups is 3. The number of amides is 3. The molecule has 2 heterocycles. The largest absolute Gasteiger partial charge is 0.450 e. The molecular formula is C19H25N3O6S2. The van der Waals surface area contributed by atoms with Crippen LogP contribution in [0, 0.1) is 0 Å². The Labute approximate surface area is 180 Å². The molecule has 3 rings (SSSR count). The topological polar surface area (TPSA) is 113 Å². The van der Waals surface area contributed by atoms with Gasteiger partial charge in [-0.2, -0.15) is 0 Å². The number of thioether (sulfide) groups is 1. The SMILES string of the molecule is CCOC(=O)N1CCN(C(=O)CCS(=O)(=O)c2ccc3c(c2)NC(=O)[C@H](C)S3)CC1. The van der Waals surface area contributed by atoms with Gasteiger partial charge in [0.15, 0.2) is 9.84 Å². The lowest BCUT2D eigenvalue weighted by Gasteiger charge is -2.34. The van der Waals surface area contributed by atoms with Crippen LogP contribution in [-0.2, 0) is 24.2 Å². The standard InChI is InChI=1S/C19H25N3O6S2/c1-3-28-19(25)22-9-7-21(8-10-22)17(23)6-11-30(26,27)14-4-5-16-15(12-14)20-18(24)13(2)29-16/h4-5,12-13H,3,6-11H2,1-2H3,(H,20,24)/t13-/m0/s1. The number of hydrogen-bond donors (Lipinski definition) is 1. The second-order valence-electron chi connectivity index (χ2n) is 7.04. The van der Waals surface area contributed by atoms with Crippen molar-refractivity contribution in [2.24, 2.45) is 0 Å². The molecule has 3 amide bonds. The number of fused-ring (bicyclic) bond motifs is 1. The minimum atomic E-state index is -3.68. The quantitative estimate of drug-likeness (QED) is 0.717. The number of nitrogens with zero attached hydrogens (tertiary/aromatic N) is 2. The Morgan fingerprint density at radius 2 is 1.87 bits per heavy atom. The highest BCUT2D eigenvalue weighted by molar-refractivity contribution is 8.01. The van der Waals surface area contributed by atoms with Crippen LogP contribution in [0.3, 0.4) is 0 Å². The van der Waals surface area contributed by atoms with Gasteiger partial charge in [0, 0.05) is 37.5 Å². The maximum Gasteiger partial charge on any atom is 0.409 e. The maximum atomic E-state index is 12.7. The molecule has 0 spiro atoms. The van der Waals surface area contributed by atoms with Crippen molar-refractivity contribution in [2.45, 2.75) is 35.3 Å². The van der Waals surface area contributed by atoms with E-state index in [2.05, 4.69) is 5.32 Å². The lowest BCUT2D eigenvalue weighted by molar-refractivity contribution is -0.132. The Morgan fingerprint density at radius 1 is 1.20 bits per heavy atom. The summed E-state index contributed by atoms with van der Waals surface area (Å²) >= 11 is 1.38. The molecule has 1 N–H and O–H groups in total. The molecule has 2 aliphatic rings. The van der Waals surface area contributed by atoms with Gasteiger partial charge < -0.3 is 19.9 Å². The van der Waals surface area contributed by atoms with Crippen LogP contribution in [0.25, 0.3) is 0 Å². The molecule has 0 bridgehead atoms. The third-order valence-electron chi connectivity index (χ3n) is 4.98. The lowest BCUT2D eigenvalue weighted by Crippen LogP contribution is -2.50. The van der Waals surface area contributed by atoms with Gasteiger partial charge in [0.1, 0.15) is 0 Å². The van der Waals surface area contributed by atoms with Gasteiger partial charge in [0.05, 0.1) is 28.2 Å². The molecule has 2 aliphatic heterocycles. The summed E-state index contributed by atoms with van der Waals surface area (Å²) in [4.78, 5) is 40.0. The summed E-state index contributed by atoms with van der Waals surface area (Å²) in [5.41, 5.74) is 0.477. The molecule has 164 valence electrons. The van der Waals surface area contributed by atoms with Crippen molar-refractivity contribution in [3.8, 4) is 0 Å². The summed E-state index contributed by atoms with van der Waals surface area (Å²) in [7, 11) is -3.68. The summed E-state index contributed by atoms with van der Waals surface area (Å²) in [5, 5.41) is 2.48. The van der Waals surface area contributed by atoms with E-state index in [1.54, 1.807) is 24.8 Å². The number of hydrogen-bond acceptors (Lipinski definition) is 7. The number of anilines is 1. The number of carbonyl (C=O) groups excluding carboxylic acids is 3. The zero-order valence-corrected chi connectivity index (χ0v) is 18.6. The fourth-order valence-electron chi connectivity index (χ4n) is 3.23. The Morgan fingerprint density at radius 3 is 2.53 bits per heavy atom. The average Bonchev–Trinajstić information content (AvgIpc) is 2.73. The van der Waals surface area contributed by atoms with E-state index < -0.39 is 15.9 Å². The van der Waals surface area contributed by atoms with E-state index in [0.717, 1.165) is 4.90 Å². The maximum absolute atomic E-state index is 12.7. The molecule has 1 aromatic rings. The third kappa shape index (κ3) is 5.07. The van der Waals surface area contributed by atoms with E-state index in [1.165, 1.54) is 28.8 Å². The van der Waals surface area contributed by atoms with Gasteiger partial charge in [-0.25, -0.2) is 13.2 Å². The molecule has 0 saturated carbocycles. The molecule has 1 fully saturated rings. The van der Waals surface area contributed by atoms with Crippen LogP contribution in [-0.4, -0.2) is 79.9 Å². The van der Waals surface area contributed by atoms with Gasteiger partial charge in [-0.1, -0.05) is 0 Å². The van der Waals surface area contributed by atoms with Crippen molar-refractivity contribution in [3.05, 3.63) is 18.2 Å². The smallest absolute Gasteiger partial charge is 0.409 e. The van der Waals surface area contributed by atoms with Crippen LogP contribution in [0.5, 0.6) is 0 Å². The van der Waals surface area contributed by atoms with Gasteiger partial charge in [0.25, 0.3) is 0 Å². The molecule has 1 aromatic carbocycles. The molecule has 0 aromatic heterocycles. The Balaban J connectivity index is 1.57. The number of rotatable bonds is 5. The van der Waals surface area contributed by atoms with Crippen LogP contribution in [0.4, 0.5) is 10.5 Å². The van der Waals surface area contributed by atoms with Crippen molar-refractivity contribution in [1.29, 1.82) is 0 Å². The minimum Gasteiger partial charge on any atom is -0.450 e. The molecule has 1 atom stereocenters. The zero-order chi connectivity index (χ0) is 21.9. The van der Waals surface area contributed by atoms with Gasteiger partial charge in [-0.05, 0) is 32.0 Å². The average molecular weight is 456 g/mol. The van der Waals surface area contributed by atoms with E-state index in [9.17, 15) is 22.8 Å². The first-order chi connectivity index (χ1) is 14.2. The van der Waals surface area contributed by atoms with E-state index in [4.69, 9.17) is 4.74 Å². The highest BCUT2D eigenvalue weighted by atomic mass is 32.2. The first kappa shape index (κ1) is 22.4. The molecule has 9 nitrogen and oxygen atoms in total.